The van der Waals surface area contributed by atoms with Crippen molar-refractivity contribution in [3.63, 3.8) is 0 Å². The number of benzene rings is 2. The molecule has 1 aromatic heterocycles. The van der Waals surface area contributed by atoms with Crippen LogP contribution in [0.25, 0.3) is 10.6 Å². The third-order valence-electron chi connectivity index (χ3n) is 3.92. The van der Waals surface area contributed by atoms with E-state index < -0.39 is 5.91 Å². The molecular formula is C20H18ClN3O3S. The van der Waals surface area contributed by atoms with Gasteiger partial charge in [-0.15, -0.1) is 11.3 Å². The van der Waals surface area contributed by atoms with Crippen molar-refractivity contribution in [1.82, 2.24) is 15.8 Å². The van der Waals surface area contributed by atoms with Gasteiger partial charge in [0, 0.05) is 16.0 Å². The van der Waals surface area contributed by atoms with Gasteiger partial charge in [-0.2, -0.15) is 0 Å². The Balaban J connectivity index is 1.58. The number of rotatable bonds is 5. The number of hydrazine groups is 1. The number of hydrogen-bond acceptors (Lipinski definition) is 5. The van der Waals surface area contributed by atoms with Gasteiger partial charge >= 0.3 is 0 Å². The van der Waals surface area contributed by atoms with E-state index in [1.54, 1.807) is 6.07 Å². The summed E-state index contributed by atoms with van der Waals surface area (Å²) in [6.45, 7) is 2.02. The molecule has 0 aliphatic heterocycles. The van der Waals surface area contributed by atoms with Gasteiger partial charge in [0.2, 0.25) is 5.91 Å². The first kappa shape index (κ1) is 19.9. The number of nitrogens with one attached hydrogen (secondary N) is 2. The Morgan fingerprint density at radius 2 is 1.89 bits per heavy atom. The molecule has 0 saturated heterocycles. The fourth-order valence-corrected chi connectivity index (χ4v) is 3.46. The van der Waals surface area contributed by atoms with Gasteiger partial charge in [-0.25, -0.2) is 4.98 Å². The van der Waals surface area contributed by atoms with Gasteiger partial charge in [0.05, 0.1) is 24.8 Å². The maximum atomic E-state index is 12.2. The van der Waals surface area contributed by atoms with Crippen LogP contribution in [0.5, 0.6) is 5.75 Å². The maximum absolute atomic E-state index is 12.2. The van der Waals surface area contributed by atoms with E-state index in [2.05, 4.69) is 15.8 Å². The van der Waals surface area contributed by atoms with Crippen LogP contribution in [-0.4, -0.2) is 23.9 Å². The minimum atomic E-state index is -0.500. The zero-order valence-electron chi connectivity index (χ0n) is 15.3. The average Bonchev–Trinajstić information content (AvgIpc) is 3.14. The summed E-state index contributed by atoms with van der Waals surface area (Å²) in [7, 11) is 1.44. The van der Waals surface area contributed by atoms with Crippen molar-refractivity contribution in [3.05, 3.63) is 69.7 Å². The molecule has 0 radical (unpaired) electrons. The number of hydrogen-bond donors (Lipinski definition) is 2. The van der Waals surface area contributed by atoms with Crippen molar-refractivity contribution in [3.8, 4) is 16.3 Å². The van der Waals surface area contributed by atoms with Gasteiger partial charge in [0.1, 0.15) is 10.8 Å². The van der Waals surface area contributed by atoms with E-state index in [0.717, 1.165) is 10.6 Å². The number of methoxy groups -OCH3 is 1. The first-order valence-corrected chi connectivity index (χ1v) is 9.66. The van der Waals surface area contributed by atoms with Crippen LogP contribution in [-0.2, 0) is 11.2 Å². The van der Waals surface area contributed by atoms with Gasteiger partial charge in [-0.3, -0.25) is 20.4 Å². The molecule has 2 aromatic carbocycles. The molecule has 0 unspecified atom stereocenters. The van der Waals surface area contributed by atoms with Crippen LogP contribution in [0.15, 0.2) is 47.8 Å². The molecule has 28 heavy (non-hydrogen) atoms. The largest absolute Gasteiger partial charge is 0.496 e. The van der Waals surface area contributed by atoms with Crippen LogP contribution in [0.4, 0.5) is 0 Å². The van der Waals surface area contributed by atoms with Crippen LogP contribution >= 0.6 is 22.9 Å². The van der Waals surface area contributed by atoms with Crippen LogP contribution in [0.3, 0.4) is 0 Å². The number of nitrogens with zero attached hydrogens (tertiary/aromatic N) is 1. The van der Waals surface area contributed by atoms with Gasteiger partial charge in [-0.1, -0.05) is 41.4 Å². The predicted molar refractivity (Wildman–Crippen MR) is 110 cm³/mol. The zero-order chi connectivity index (χ0) is 20.1. The third kappa shape index (κ3) is 4.88. The predicted octanol–water partition coefficient (Wildman–Crippen LogP) is 3.78. The first-order valence-electron chi connectivity index (χ1n) is 8.40. The highest BCUT2D eigenvalue weighted by atomic mass is 35.5. The molecule has 3 aromatic rings. The highest BCUT2D eigenvalue weighted by Gasteiger charge is 2.14. The molecule has 1 heterocycles. The summed E-state index contributed by atoms with van der Waals surface area (Å²) in [6.07, 6.45) is 0.0559. The molecule has 0 aliphatic rings. The van der Waals surface area contributed by atoms with E-state index in [9.17, 15) is 9.59 Å². The summed E-state index contributed by atoms with van der Waals surface area (Å²) in [6, 6.07) is 12.7. The van der Waals surface area contributed by atoms with Crippen molar-refractivity contribution in [2.24, 2.45) is 0 Å². The van der Waals surface area contributed by atoms with E-state index in [0.29, 0.717) is 16.5 Å². The van der Waals surface area contributed by atoms with E-state index >= 15 is 0 Å². The Morgan fingerprint density at radius 1 is 1.14 bits per heavy atom. The normalized spacial score (nSPS) is 10.4. The smallest absolute Gasteiger partial charge is 0.273 e. The van der Waals surface area contributed by atoms with Crippen molar-refractivity contribution in [2.75, 3.05) is 7.11 Å². The first-order chi connectivity index (χ1) is 13.5. The molecule has 0 fully saturated rings. The highest BCUT2D eigenvalue weighted by Crippen LogP contribution is 2.24. The second kappa shape index (κ2) is 8.86. The lowest BCUT2D eigenvalue weighted by molar-refractivity contribution is -0.121. The van der Waals surface area contributed by atoms with Crippen LogP contribution in [0, 0.1) is 6.92 Å². The standard InChI is InChI=1S/C20H18ClN3O3S/c1-12-3-5-13(6-4-12)20-22-15(11-28-20)10-18(25)23-24-19(26)16-8-7-14(21)9-17(16)27-2/h3-9,11H,10H2,1-2H3,(H,23,25)(H,24,26). The third-order valence-corrected chi connectivity index (χ3v) is 5.09. The Labute approximate surface area is 171 Å². The van der Waals surface area contributed by atoms with E-state index in [4.69, 9.17) is 16.3 Å². The fourth-order valence-electron chi connectivity index (χ4n) is 2.47. The number of amides is 2. The lowest BCUT2D eigenvalue weighted by Gasteiger charge is -2.10. The summed E-state index contributed by atoms with van der Waals surface area (Å²) in [5.74, 6) is -0.552. The van der Waals surface area contributed by atoms with Crippen molar-refractivity contribution in [2.45, 2.75) is 13.3 Å². The topological polar surface area (TPSA) is 80.3 Å². The second-order valence-electron chi connectivity index (χ2n) is 6.03. The number of carbonyl (C=O) groups excluding carboxylic acids is 2. The van der Waals surface area contributed by atoms with E-state index in [-0.39, 0.29) is 17.9 Å². The minimum absolute atomic E-state index is 0.0559. The number of carbonyl (C=O) groups is 2. The molecule has 2 N–H and O–H groups in total. The van der Waals surface area contributed by atoms with Crippen molar-refractivity contribution in [1.29, 1.82) is 0 Å². The lowest BCUT2D eigenvalue weighted by atomic mass is 10.2. The summed E-state index contributed by atoms with van der Waals surface area (Å²) in [5, 5.41) is 3.13. The Hall–Kier alpha value is -2.90. The molecule has 0 saturated carbocycles. The Bertz CT molecular complexity index is 1000. The minimum Gasteiger partial charge on any atom is -0.496 e. The van der Waals surface area contributed by atoms with Gasteiger partial charge < -0.3 is 4.74 Å². The number of aryl methyl sites for hydroxylation is 1. The Morgan fingerprint density at radius 3 is 2.61 bits per heavy atom. The lowest BCUT2D eigenvalue weighted by Crippen LogP contribution is -2.42. The quantitative estimate of drug-likeness (QED) is 0.621. The molecule has 3 rings (SSSR count). The monoisotopic (exact) mass is 415 g/mol. The molecule has 0 bridgehead atoms. The van der Waals surface area contributed by atoms with Crippen LogP contribution in [0.2, 0.25) is 5.02 Å². The number of ether oxygens (including phenoxy) is 1. The zero-order valence-corrected chi connectivity index (χ0v) is 16.9. The average molecular weight is 416 g/mol. The summed E-state index contributed by atoms with van der Waals surface area (Å²) in [4.78, 5) is 28.9. The molecular weight excluding hydrogens is 398 g/mol. The highest BCUT2D eigenvalue weighted by molar-refractivity contribution is 7.13. The molecule has 144 valence electrons. The number of halogens is 1. The summed E-state index contributed by atoms with van der Waals surface area (Å²) in [5.41, 5.74) is 7.84. The van der Waals surface area contributed by atoms with E-state index in [1.807, 2.05) is 36.6 Å². The van der Waals surface area contributed by atoms with Gasteiger partial charge in [0.25, 0.3) is 5.91 Å². The van der Waals surface area contributed by atoms with Crippen LogP contribution in [0.1, 0.15) is 21.6 Å². The van der Waals surface area contributed by atoms with Crippen molar-refractivity contribution < 1.29 is 14.3 Å². The molecule has 0 atom stereocenters. The summed E-state index contributed by atoms with van der Waals surface area (Å²) < 4.78 is 5.14. The van der Waals surface area contributed by atoms with Crippen LogP contribution < -0.4 is 15.6 Å². The Kier molecular flexibility index (Phi) is 6.28. The van der Waals surface area contributed by atoms with E-state index in [1.165, 1.54) is 36.1 Å². The maximum Gasteiger partial charge on any atom is 0.273 e. The molecule has 0 spiro atoms. The molecule has 0 aliphatic carbocycles. The van der Waals surface area contributed by atoms with Gasteiger partial charge in [-0.05, 0) is 25.1 Å². The second-order valence-corrected chi connectivity index (χ2v) is 7.33. The number of aromatic nitrogens is 1. The molecule has 6 nitrogen and oxygen atoms in total. The molecule has 2 amide bonds. The number of thiazole rings is 1. The molecule has 8 heteroatoms. The SMILES string of the molecule is COc1cc(Cl)ccc1C(=O)NNC(=O)Cc1csc(-c2ccc(C)cc2)n1. The fraction of sp³-hybridized carbons (Fsp3) is 0.150. The van der Waals surface area contributed by atoms with Crippen molar-refractivity contribution >= 4 is 34.8 Å². The van der Waals surface area contributed by atoms with Gasteiger partial charge in [0.15, 0.2) is 0 Å². The summed E-state index contributed by atoms with van der Waals surface area (Å²) >= 11 is 7.36.